The van der Waals surface area contributed by atoms with Gasteiger partial charge < -0.3 is 10.6 Å². The topological polar surface area (TPSA) is 113 Å². The standard InChI is InChI=1S/C26H20BrF3N6O2/c1-14-22(23(26(28,29)30)35-36(14)13-16-5-3-15(4-6-16)9-10-31)34-24(37)19-12-21(25(38)32-2)33-20-8-7-17(27)11-18(19)20/h3-8,11-12H,9,13H2,1-2H3,(H,32,38)(H,34,37). The fourth-order valence-corrected chi connectivity index (χ4v) is 4.25. The van der Waals surface area contributed by atoms with Gasteiger partial charge in [-0.3, -0.25) is 14.3 Å². The number of pyridine rings is 1. The maximum absolute atomic E-state index is 14.0. The number of nitrogens with zero attached hydrogens (tertiary/aromatic N) is 4. The minimum Gasteiger partial charge on any atom is -0.354 e. The summed E-state index contributed by atoms with van der Waals surface area (Å²) in [6.07, 6.45) is -4.62. The van der Waals surface area contributed by atoms with Gasteiger partial charge in [-0.1, -0.05) is 40.2 Å². The van der Waals surface area contributed by atoms with Gasteiger partial charge in [-0.15, -0.1) is 0 Å². The Bertz CT molecular complexity index is 1590. The number of carbonyl (C=O) groups excluding carboxylic acids is 2. The van der Waals surface area contributed by atoms with E-state index in [-0.39, 0.29) is 29.9 Å². The number of amides is 2. The zero-order valence-electron chi connectivity index (χ0n) is 20.2. The molecule has 0 saturated carbocycles. The highest BCUT2D eigenvalue weighted by Gasteiger charge is 2.39. The van der Waals surface area contributed by atoms with E-state index in [4.69, 9.17) is 5.26 Å². The Balaban J connectivity index is 1.75. The molecule has 4 rings (SSSR count). The molecule has 0 bridgehead atoms. The number of benzene rings is 2. The average Bonchev–Trinajstić information content (AvgIpc) is 3.19. The van der Waals surface area contributed by atoms with E-state index in [1.807, 2.05) is 6.07 Å². The molecule has 0 spiro atoms. The molecule has 2 N–H and O–H groups in total. The largest absolute Gasteiger partial charge is 0.437 e. The first-order chi connectivity index (χ1) is 18.0. The van der Waals surface area contributed by atoms with Gasteiger partial charge in [-0.25, -0.2) is 4.98 Å². The lowest BCUT2D eigenvalue weighted by Gasteiger charge is -2.12. The van der Waals surface area contributed by atoms with Gasteiger partial charge in [0, 0.05) is 16.9 Å². The molecule has 0 atom stereocenters. The molecule has 8 nitrogen and oxygen atoms in total. The van der Waals surface area contributed by atoms with Crippen LogP contribution in [0.2, 0.25) is 0 Å². The summed E-state index contributed by atoms with van der Waals surface area (Å²) in [5.74, 6) is -1.40. The van der Waals surface area contributed by atoms with Crippen LogP contribution in [0, 0.1) is 18.3 Å². The van der Waals surface area contributed by atoms with Crippen LogP contribution in [0.5, 0.6) is 0 Å². The van der Waals surface area contributed by atoms with Crippen LogP contribution >= 0.6 is 15.9 Å². The van der Waals surface area contributed by atoms with Crippen LogP contribution in [0.3, 0.4) is 0 Å². The summed E-state index contributed by atoms with van der Waals surface area (Å²) in [5.41, 5.74) is 0.0639. The summed E-state index contributed by atoms with van der Waals surface area (Å²) in [6, 6.07) is 15.0. The molecule has 2 heterocycles. The number of aromatic nitrogens is 3. The number of rotatable bonds is 6. The highest BCUT2D eigenvalue weighted by Crippen LogP contribution is 2.36. The molecular formula is C26H20BrF3N6O2. The van der Waals surface area contributed by atoms with Crippen molar-refractivity contribution >= 4 is 44.3 Å². The SMILES string of the molecule is CNC(=O)c1cc(C(=O)Nc2c(C(F)(F)F)nn(Cc3ccc(CC#N)cc3)c2C)c2cc(Br)ccc2n1. The van der Waals surface area contributed by atoms with Crippen LogP contribution in [0.1, 0.15) is 43.4 Å². The first-order valence-corrected chi connectivity index (χ1v) is 12.0. The monoisotopic (exact) mass is 584 g/mol. The highest BCUT2D eigenvalue weighted by molar-refractivity contribution is 9.10. The molecular weight excluding hydrogens is 565 g/mol. The molecule has 0 radical (unpaired) electrons. The third-order valence-electron chi connectivity index (χ3n) is 5.83. The van der Waals surface area contributed by atoms with E-state index in [1.54, 1.807) is 42.5 Å². The van der Waals surface area contributed by atoms with Crippen LogP contribution in [0.25, 0.3) is 10.9 Å². The molecule has 194 valence electrons. The van der Waals surface area contributed by atoms with Crippen LogP contribution in [-0.4, -0.2) is 33.6 Å². The van der Waals surface area contributed by atoms with E-state index in [1.165, 1.54) is 20.0 Å². The molecule has 0 saturated heterocycles. The maximum Gasteiger partial charge on any atom is 0.437 e. The second-order valence-corrected chi connectivity index (χ2v) is 9.28. The van der Waals surface area contributed by atoms with Gasteiger partial charge in [0.15, 0.2) is 5.69 Å². The van der Waals surface area contributed by atoms with Crippen LogP contribution in [-0.2, 0) is 19.1 Å². The molecule has 0 unspecified atom stereocenters. The molecule has 0 aliphatic heterocycles. The lowest BCUT2D eigenvalue weighted by atomic mass is 10.1. The lowest BCUT2D eigenvalue weighted by Crippen LogP contribution is -2.22. The third kappa shape index (κ3) is 5.52. The summed E-state index contributed by atoms with van der Waals surface area (Å²) in [6.45, 7) is 1.45. The normalized spacial score (nSPS) is 11.3. The smallest absolute Gasteiger partial charge is 0.354 e. The predicted octanol–water partition coefficient (Wildman–Crippen LogP) is 5.25. The minimum atomic E-state index is -4.84. The van der Waals surface area contributed by atoms with Crippen LogP contribution < -0.4 is 10.6 Å². The molecule has 0 aliphatic rings. The first-order valence-electron chi connectivity index (χ1n) is 11.2. The fraction of sp³-hybridized carbons (Fsp3) is 0.192. The Hall–Kier alpha value is -4.24. The summed E-state index contributed by atoms with van der Waals surface area (Å²) >= 11 is 3.32. The second-order valence-electron chi connectivity index (χ2n) is 8.37. The summed E-state index contributed by atoms with van der Waals surface area (Å²) in [7, 11) is 1.40. The summed E-state index contributed by atoms with van der Waals surface area (Å²) in [5, 5.41) is 17.7. The van der Waals surface area contributed by atoms with Crippen molar-refractivity contribution in [2.24, 2.45) is 0 Å². The Labute approximate surface area is 223 Å². The van der Waals surface area contributed by atoms with Crippen molar-refractivity contribution in [1.29, 1.82) is 5.26 Å². The number of hydrogen-bond acceptors (Lipinski definition) is 5. The number of alkyl halides is 3. The number of nitrogens with one attached hydrogen (secondary N) is 2. The maximum atomic E-state index is 14.0. The zero-order chi connectivity index (χ0) is 27.6. The Morgan fingerprint density at radius 3 is 2.39 bits per heavy atom. The quantitative estimate of drug-likeness (QED) is 0.321. The van der Waals surface area contributed by atoms with Crippen molar-refractivity contribution in [1.82, 2.24) is 20.1 Å². The van der Waals surface area contributed by atoms with E-state index in [2.05, 4.69) is 36.6 Å². The van der Waals surface area contributed by atoms with Crippen molar-refractivity contribution in [2.45, 2.75) is 26.1 Å². The number of anilines is 1. The molecule has 0 fully saturated rings. The van der Waals surface area contributed by atoms with E-state index in [9.17, 15) is 22.8 Å². The lowest BCUT2D eigenvalue weighted by molar-refractivity contribution is -0.140. The number of halogens is 4. The van der Waals surface area contributed by atoms with Crippen molar-refractivity contribution < 1.29 is 22.8 Å². The van der Waals surface area contributed by atoms with E-state index in [0.717, 1.165) is 10.2 Å². The number of fused-ring (bicyclic) bond motifs is 1. The summed E-state index contributed by atoms with van der Waals surface area (Å²) < 4.78 is 43.7. The molecule has 4 aromatic rings. The van der Waals surface area contributed by atoms with Crippen LogP contribution in [0.15, 0.2) is 53.0 Å². The number of hydrogen-bond donors (Lipinski definition) is 2. The van der Waals surface area contributed by atoms with Gasteiger partial charge in [-0.05, 0) is 42.3 Å². The van der Waals surface area contributed by atoms with Gasteiger partial charge in [0.05, 0.1) is 41.5 Å². The van der Waals surface area contributed by atoms with E-state index < -0.39 is 29.4 Å². The molecule has 0 aliphatic carbocycles. The zero-order valence-corrected chi connectivity index (χ0v) is 21.7. The van der Waals surface area contributed by atoms with Gasteiger partial charge in [0.2, 0.25) is 0 Å². The van der Waals surface area contributed by atoms with Gasteiger partial charge in [0.1, 0.15) is 5.69 Å². The molecule has 2 amide bonds. The average molecular weight is 585 g/mol. The van der Waals surface area contributed by atoms with Gasteiger partial charge in [-0.2, -0.15) is 23.5 Å². The van der Waals surface area contributed by atoms with Crippen molar-refractivity contribution in [3.8, 4) is 6.07 Å². The van der Waals surface area contributed by atoms with Gasteiger partial charge >= 0.3 is 6.18 Å². The molecule has 2 aromatic heterocycles. The minimum absolute atomic E-state index is 0.0174. The summed E-state index contributed by atoms with van der Waals surface area (Å²) in [4.78, 5) is 29.9. The number of nitriles is 1. The molecule has 2 aromatic carbocycles. The van der Waals surface area contributed by atoms with Crippen molar-refractivity contribution in [2.75, 3.05) is 12.4 Å². The molecule has 12 heteroatoms. The fourth-order valence-electron chi connectivity index (χ4n) is 3.89. The first kappa shape index (κ1) is 26.8. The van der Waals surface area contributed by atoms with Crippen LogP contribution in [0.4, 0.5) is 18.9 Å². The highest BCUT2D eigenvalue weighted by atomic mass is 79.9. The van der Waals surface area contributed by atoms with Crippen molar-refractivity contribution in [3.63, 3.8) is 0 Å². The molecule has 38 heavy (non-hydrogen) atoms. The third-order valence-corrected chi connectivity index (χ3v) is 6.32. The van der Waals surface area contributed by atoms with E-state index >= 15 is 0 Å². The predicted molar refractivity (Wildman–Crippen MR) is 138 cm³/mol. The number of carbonyl (C=O) groups is 2. The van der Waals surface area contributed by atoms with Crippen molar-refractivity contribution in [3.05, 3.63) is 86.8 Å². The van der Waals surface area contributed by atoms with E-state index in [0.29, 0.717) is 20.9 Å². The second kappa shape index (κ2) is 10.6. The Kier molecular flexibility index (Phi) is 7.50. The Morgan fingerprint density at radius 2 is 1.76 bits per heavy atom. The Morgan fingerprint density at radius 1 is 1.08 bits per heavy atom. The van der Waals surface area contributed by atoms with Gasteiger partial charge in [0.25, 0.3) is 11.8 Å².